The fraction of sp³-hybridized carbons (Fsp3) is 0.400. The van der Waals surface area contributed by atoms with E-state index in [0.29, 0.717) is 5.03 Å². The van der Waals surface area contributed by atoms with Crippen LogP contribution in [0.2, 0.25) is 0 Å². The van der Waals surface area contributed by atoms with E-state index in [0.717, 1.165) is 11.8 Å². The molecule has 52 valence electrons. The second-order valence-corrected chi connectivity index (χ2v) is 2.76. The minimum absolute atomic E-state index is 0.205. The van der Waals surface area contributed by atoms with Gasteiger partial charge < -0.3 is 5.11 Å². The number of aliphatic carboxylic acids is 1. The van der Waals surface area contributed by atoms with Gasteiger partial charge in [0.2, 0.25) is 0 Å². The van der Waals surface area contributed by atoms with Crippen molar-refractivity contribution in [1.29, 1.82) is 0 Å². The van der Waals surface area contributed by atoms with E-state index in [1.54, 1.807) is 13.2 Å². The van der Waals surface area contributed by atoms with Crippen LogP contribution < -0.4 is 0 Å². The maximum atomic E-state index is 10.2. The molecule has 0 atom stereocenters. The molecule has 0 aliphatic carbocycles. The van der Waals surface area contributed by atoms with E-state index in [4.69, 9.17) is 16.7 Å². The lowest BCUT2D eigenvalue weighted by Crippen LogP contribution is -1.96. The number of carboxylic acid groups (broad SMARTS) is 1. The predicted octanol–water partition coefficient (Wildman–Crippen LogP) is 1.90. The lowest BCUT2D eigenvalue weighted by Gasteiger charge is -1.95. The summed E-state index contributed by atoms with van der Waals surface area (Å²) in [5, 5.41) is 8.71. The van der Waals surface area contributed by atoms with E-state index in [2.05, 4.69) is 0 Å². The minimum Gasteiger partial charge on any atom is -0.477 e. The quantitative estimate of drug-likeness (QED) is 0.637. The van der Waals surface area contributed by atoms with Gasteiger partial charge in [-0.2, -0.15) is 0 Å². The number of hydrogen-bond acceptors (Lipinski definition) is 2. The molecule has 0 spiro atoms. The number of carbonyl (C=O) groups is 1. The molecule has 0 heterocycles. The molecular weight excluding hydrogens is 160 g/mol. The van der Waals surface area contributed by atoms with Crippen molar-refractivity contribution in [3.05, 3.63) is 9.94 Å². The van der Waals surface area contributed by atoms with Crippen LogP contribution >= 0.6 is 23.4 Å². The second-order valence-electron chi connectivity index (χ2n) is 1.37. The van der Waals surface area contributed by atoms with Crippen LogP contribution in [0, 0.1) is 0 Å². The molecule has 0 bridgehead atoms. The fourth-order valence-corrected chi connectivity index (χ4v) is 1.14. The Morgan fingerprint density at radius 2 is 2.11 bits per heavy atom. The molecule has 0 aliphatic rings. The first-order valence-corrected chi connectivity index (χ1v) is 3.83. The van der Waals surface area contributed by atoms with Gasteiger partial charge in [0.15, 0.2) is 0 Å². The molecule has 0 saturated carbocycles. The smallest absolute Gasteiger partial charge is 0.343 e. The molecule has 0 unspecified atom stereocenters. The van der Waals surface area contributed by atoms with Gasteiger partial charge in [-0.15, -0.1) is 11.8 Å². The summed E-state index contributed by atoms with van der Waals surface area (Å²) in [6.07, 6.45) is 1.68. The van der Waals surface area contributed by atoms with Gasteiger partial charge in [-0.1, -0.05) is 11.6 Å². The Morgan fingerprint density at radius 1 is 1.67 bits per heavy atom. The molecule has 0 aromatic heterocycles. The molecule has 0 aliphatic heterocycles. The number of halogens is 1. The van der Waals surface area contributed by atoms with Crippen molar-refractivity contribution in [3.8, 4) is 0 Å². The Bertz CT molecular complexity index is 149. The molecule has 0 aromatic rings. The van der Waals surface area contributed by atoms with E-state index in [9.17, 15) is 4.79 Å². The van der Waals surface area contributed by atoms with Crippen molar-refractivity contribution in [2.75, 3.05) is 6.26 Å². The Morgan fingerprint density at radius 3 is 2.11 bits per heavy atom. The van der Waals surface area contributed by atoms with Crippen molar-refractivity contribution < 1.29 is 9.90 Å². The van der Waals surface area contributed by atoms with Crippen LogP contribution in [0.5, 0.6) is 0 Å². The summed E-state index contributed by atoms with van der Waals surface area (Å²) in [7, 11) is 0. The highest BCUT2D eigenvalue weighted by Crippen LogP contribution is 2.18. The van der Waals surface area contributed by atoms with Gasteiger partial charge in [-0.05, 0) is 13.2 Å². The summed E-state index contributed by atoms with van der Waals surface area (Å²) in [4.78, 5) is 10.4. The summed E-state index contributed by atoms with van der Waals surface area (Å²) in [5.41, 5.74) is 0. The van der Waals surface area contributed by atoms with E-state index < -0.39 is 5.97 Å². The monoisotopic (exact) mass is 166 g/mol. The Hall–Kier alpha value is -0.150. The standard InChI is InChI=1S/C5H7ClO2S/c1-3(6)4(9-2)5(7)8/h1-2H3,(H,7,8). The van der Waals surface area contributed by atoms with Crippen molar-refractivity contribution in [2.24, 2.45) is 0 Å². The number of rotatable bonds is 2. The summed E-state index contributed by atoms with van der Waals surface area (Å²) in [6, 6.07) is 0. The summed E-state index contributed by atoms with van der Waals surface area (Å²) in [5.74, 6) is -0.963. The molecule has 4 heteroatoms. The maximum absolute atomic E-state index is 10.2. The van der Waals surface area contributed by atoms with Crippen LogP contribution in [0.3, 0.4) is 0 Å². The van der Waals surface area contributed by atoms with Crippen LogP contribution in [-0.2, 0) is 4.79 Å². The van der Waals surface area contributed by atoms with E-state index in [-0.39, 0.29) is 4.91 Å². The first-order valence-electron chi connectivity index (χ1n) is 2.23. The Balaban J connectivity index is 4.35. The van der Waals surface area contributed by atoms with E-state index in [1.807, 2.05) is 0 Å². The van der Waals surface area contributed by atoms with E-state index >= 15 is 0 Å². The Labute approximate surface area is 62.9 Å². The van der Waals surface area contributed by atoms with Crippen molar-refractivity contribution in [1.82, 2.24) is 0 Å². The Kier molecular flexibility index (Phi) is 3.73. The molecule has 0 fully saturated rings. The van der Waals surface area contributed by atoms with Gasteiger partial charge >= 0.3 is 5.97 Å². The van der Waals surface area contributed by atoms with Crippen molar-refractivity contribution in [2.45, 2.75) is 6.92 Å². The van der Waals surface area contributed by atoms with Gasteiger partial charge in [0.05, 0.1) is 0 Å². The molecule has 9 heavy (non-hydrogen) atoms. The first kappa shape index (κ1) is 8.85. The SMILES string of the molecule is CSC(C(=O)O)=C(C)Cl. The normalized spacial score (nSPS) is 12.8. The summed E-state index contributed by atoms with van der Waals surface area (Å²) < 4.78 is 0. The molecule has 0 radical (unpaired) electrons. The first-order chi connectivity index (χ1) is 4.09. The van der Waals surface area contributed by atoms with Gasteiger partial charge in [0, 0.05) is 5.03 Å². The summed E-state index contributed by atoms with van der Waals surface area (Å²) in [6.45, 7) is 1.56. The highest BCUT2D eigenvalue weighted by atomic mass is 35.5. The highest BCUT2D eigenvalue weighted by molar-refractivity contribution is 8.03. The average molecular weight is 167 g/mol. The van der Waals surface area contributed by atoms with Crippen LogP contribution in [0.4, 0.5) is 0 Å². The van der Waals surface area contributed by atoms with Gasteiger partial charge in [0.25, 0.3) is 0 Å². The molecule has 2 nitrogen and oxygen atoms in total. The zero-order valence-corrected chi connectivity index (χ0v) is 6.71. The third kappa shape index (κ3) is 2.77. The lowest BCUT2D eigenvalue weighted by atomic mass is 10.5. The van der Waals surface area contributed by atoms with Gasteiger partial charge in [0.1, 0.15) is 4.91 Å². The molecule has 0 amide bonds. The zero-order valence-electron chi connectivity index (χ0n) is 5.14. The van der Waals surface area contributed by atoms with Gasteiger partial charge in [-0.3, -0.25) is 0 Å². The van der Waals surface area contributed by atoms with Crippen LogP contribution in [0.1, 0.15) is 6.92 Å². The number of carboxylic acids is 1. The predicted molar refractivity (Wildman–Crippen MR) is 39.7 cm³/mol. The number of thioether (sulfide) groups is 1. The van der Waals surface area contributed by atoms with Crippen LogP contribution in [-0.4, -0.2) is 17.3 Å². The van der Waals surface area contributed by atoms with Crippen LogP contribution in [0.25, 0.3) is 0 Å². The molecule has 0 saturated heterocycles. The summed E-state index contributed by atoms with van der Waals surface area (Å²) >= 11 is 6.55. The largest absolute Gasteiger partial charge is 0.477 e. The maximum Gasteiger partial charge on any atom is 0.343 e. The molecule has 1 N–H and O–H groups in total. The van der Waals surface area contributed by atoms with Crippen molar-refractivity contribution >= 4 is 29.3 Å². The van der Waals surface area contributed by atoms with Gasteiger partial charge in [-0.25, -0.2) is 4.79 Å². The third-order valence-corrected chi connectivity index (χ3v) is 1.90. The number of hydrogen-bond donors (Lipinski definition) is 1. The van der Waals surface area contributed by atoms with Crippen LogP contribution in [0.15, 0.2) is 9.94 Å². The molecule has 0 aromatic carbocycles. The van der Waals surface area contributed by atoms with E-state index in [1.165, 1.54) is 0 Å². The topological polar surface area (TPSA) is 37.3 Å². The molecule has 0 rings (SSSR count). The lowest BCUT2D eigenvalue weighted by molar-refractivity contribution is -0.131. The zero-order chi connectivity index (χ0) is 7.44. The highest BCUT2D eigenvalue weighted by Gasteiger charge is 2.06. The fourth-order valence-electron chi connectivity index (χ4n) is 0.375. The number of allylic oxidation sites excluding steroid dienone is 1. The third-order valence-electron chi connectivity index (χ3n) is 0.711. The minimum atomic E-state index is -0.963. The van der Waals surface area contributed by atoms with Crippen molar-refractivity contribution in [3.63, 3.8) is 0 Å². The molecular formula is C5H7ClO2S. The second kappa shape index (κ2) is 3.80. The average Bonchev–Trinajstić information content (AvgIpc) is 1.64.